The van der Waals surface area contributed by atoms with Gasteiger partial charge in [-0.15, -0.1) is 0 Å². The average molecular weight is 273 g/mol. The van der Waals surface area contributed by atoms with Crippen LogP contribution in [0.25, 0.3) is 0 Å². The van der Waals surface area contributed by atoms with E-state index in [1.165, 1.54) is 5.56 Å². The van der Waals surface area contributed by atoms with Crippen molar-refractivity contribution in [2.75, 3.05) is 25.0 Å². The van der Waals surface area contributed by atoms with Crippen LogP contribution in [0.3, 0.4) is 0 Å². The number of carbonyl (C=O) groups is 2. The zero-order valence-electron chi connectivity index (χ0n) is 11.6. The molecule has 3 rings (SSSR count). The van der Waals surface area contributed by atoms with Crippen LogP contribution in [0, 0.1) is 0 Å². The van der Waals surface area contributed by atoms with Crippen molar-refractivity contribution in [1.29, 1.82) is 0 Å². The van der Waals surface area contributed by atoms with Gasteiger partial charge < -0.3 is 15.5 Å². The van der Waals surface area contributed by atoms with Gasteiger partial charge in [0.25, 0.3) is 5.91 Å². The van der Waals surface area contributed by atoms with Gasteiger partial charge in [-0.25, -0.2) is 0 Å². The van der Waals surface area contributed by atoms with E-state index in [1.54, 1.807) is 11.8 Å². The van der Waals surface area contributed by atoms with Crippen molar-refractivity contribution in [2.45, 2.75) is 25.8 Å². The van der Waals surface area contributed by atoms with Crippen LogP contribution in [0.4, 0.5) is 5.69 Å². The number of hydrogen-bond donors (Lipinski definition) is 2. The lowest BCUT2D eigenvalue weighted by Gasteiger charge is -2.33. The maximum Gasteiger partial charge on any atom is 0.254 e. The predicted octanol–water partition coefficient (Wildman–Crippen LogP) is 1.01. The summed E-state index contributed by atoms with van der Waals surface area (Å²) in [4.78, 5) is 25.9. The van der Waals surface area contributed by atoms with Crippen molar-refractivity contribution in [2.24, 2.45) is 0 Å². The normalized spacial score (nSPS) is 21.8. The molecule has 1 unspecified atom stereocenters. The SMILES string of the molecule is CC1C(=O)NCCN1C(=O)c1ccc2c(c1)CCCN2. The van der Waals surface area contributed by atoms with Crippen molar-refractivity contribution in [3.05, 3.63) is 29.3 Å². The highest BCUT2D eigenvalue weighted by molar-refractivity contribution is 5.98. The number of anilines is 1. The lowest BCUT2D eigenvalue weighted by atomic mass is 10.00. The smallest absolute Gasteiger partial charge is 0.254 e. The first-order valence-electron chi connectivity index (χ1n) is 7.12. The first-order valence-corrected chi connectivity index (χ1v) is 7.12. The second kappa shape index (κ2) is 5.15. The van der Waals surface area contributed by atoms with E-state index in [0.717, 1.165) is 25.1 Å². The van der Waals surface area contributed by atoms with Gasteiger partial charge in [0.1, 0.15) is 6.04 Å². The Hall–Kier alpha value is -2.04. The third kappa shape index (κ3) is 2.24. The number of nitrogens with zero attached hydrogens (tertiary/aromatic N) is 1. The van der Waals surface area contributed by atoms with Crippen molar-refractivity contribution < 1.29 is 9.59 Å². The van der Waals surface area contributed by atoms with Crippen LogP contribution in [0.15, 0.2) is 18.2 Å². The number of amides is 2. The Labute approximate surface area is 118 Å². The van der Waals surface area contributed by atoms with Gasteiger partial charge in [0.05, 0.1) is 0 Å². The molecule has 5 nitrogen and oxygen atoms in total. The minimum Gasteiger partial charge on any atom is -0.385 e. The highest BCUT2D eigenvalue weighted by Gasteiger charge is 2.30. The molecule has 5 heteroatoms. The summed E-state index contributed by atoms with van der Waals surface area (Å²) in [5, 5.41) is 6.11. The fourth-order valence-corrected chi connectivity index (χ4v) is 2.83. The van der Waals surface area contributed by atoms with Crippen molar-refractivity contribution >= 4 is 17.5 Å². The molecule has 0 aromatic heterocycles. The van der Waals surface area contributed by atoms with Crippen LogP contribution in [0.5, 0.6) is 0 Å². The number of fused-ring (bicyclic) bond motifs is 1. The Morgan fingerprint density at radius 3 is 3.00 bits per heavy atom. The number of piperazine rings is 1. The number of nitrogens with one attached hydrogen (secondary N) is 2. The monoisotopic (exact) mass is 273 g/mol. The Morgan fingerprint density at radius 1 is 1.30 bits per heavy atom. The molecule has 20 heavy (non-hydrogen) atoms. The zero-order valence-corrected chi connectivity index (χ0v) is 11.6. The summed E-state index contributed by atoms with van der Waals surface area (Å²) in [7, 11) is 0. The van der Waals surface area contributed by atoms with Gasteiger partial charge in [0.15, 0.2) is 0 Å². The van der Waals surface area contributed by atoms with E-state index in [2.05, 4.69) is 10.6 Å². The predicted molar refractivity (Wildman–Crippen MR) is 76.8 cm³/mol. The van der Waals surface area contributed by atoms with E-state index < -0.39 is 6.04 Å². The zero-order chi connectivity index (χ0) is 14.1. The molecule has 1 fully saturated rings. The summed E-state index contributed by atoms with van der Waals surface area (Å²) >= 11 is 0. The molecule has 0 radical (unpaired) electrons. The first kappa shape index (κ1) is 13.0. The lowest BCUT2D eigenvalue weighted by molar-refractivity contribution is -0.127. The summed E-state index contributed by atoms with van der Waals surface area (Å²) in [6.45, 7) is 3.86. The van der Waals surface area contributed by atoms with Gasteiger partial charge in [-0.1, -0.05) is 0 Å². The molecular formula is C15H19N3O2. The Balaban J connectivity index is 1.85. The molecule has 0 spiro atoms. The first-order chi connectivity index (χ1) is 9.66. The maximum absolute atomic E-state index is 12.6. The molecule has 0 aliphatic carbocycles. The van der Waals surface area contributed by atoms with Crippen LogP contribution >= 0.6 is 0 Å². The fraction of sp³-hybridized carbons (Fsp3) is 0.467. The maximum atomic E-state index is 12.6. The van der Waals surface area contributed by atoms with Crippen molar-refractivity contribution in [1.82, 2.24) is 10.2 Å². The minimum atomic E-state index is -0.398. The Kier molecular flexibility index (Phi) is 3.34. The molecule has 2 heterocycles. The molecule has 1 atom stereocenters. The number of rotatable bonds is 1. The molecule has 2 aliphatic heterocycles. The van der Waals surface area contributed by atoms with E-state index in [-0.39, 0.29) is 11.8 Å². The van der Waals surface area contributed by atoms with Crippen LogP contribution in [-0.2, 0) is 11.2 Å². The molecule has 1 aromatic rings. The second-order valence-corrected chi connectivity index (χ2v) is 5.37. The van der Waals surface area contributed by atoms with Crippen LogP contribution in [-0.4, -0.2) is 42.4 Å². The fourth-order valence-electron chi connectivity index (χ4n) is 2.83. The highest BCUT2D eigenvalue weighted by atomic mass is 16.2. The number of carbonyl (C=O) groups excluding carboxylic acids is 2. The summed E-state index contributed by atoms with van der Waals surface area (Å²) < 4.78 is 0. The van der Waals surface area contributed by atoms with Gasteiger partial charge in [0, 0.05) is 30.9 Å². The third-order valence-electron chi connectivity index (χ3n) is 4.05. The molecule has 0 saturated carbocycles. The number of benzene rings is 1. The van der Waals surface area contributed by atoms with E-state index in [1.807, 2.05) is 18.2 Å². The Bertz CT molecular complexity index is 556. The molecule has 2 N–H and O–H groups in total. The summed E-state index contributed by atoms with van der Waals surface area (Å²) in [6.07, 6.45) is 2.09. The Morgan fingerprint density at radius 2 is 2.15 bits per heavy atom. The van der Waals surface area contributed by atoms with Gasteiger partial charge in [0.2, 0.25) is 5.91 Å². The van der Waals surface area contributed by atoms with Gasteiger partial charge >= 0.3 is 0 Å². The lowest BCUT2D eigenvalue weighted by Crippen LogP contribution is -2.55. The van der Waals surface area contributed by atoms with Crippen LogP contribution in [0.1, 0.15) is 29.3 Å². The van der Waals surface area contributed by atoms with Gasteiger partial charge in [-0.2, -0.15) is 0 Å². The van der Waals surface area contributed by atoms with E-state index in [9.17, 15) is 9.59 Å². The standard InChI is InChI=1S/C15H19N3O2/c1-10-14(19)17-7-8-18(10)15(20)12-4-5-13-11(9-12)3-2-6-16-13/h4-5,9-10,16H,2-3,6-8H2,1H3,(H,17,19). The van der Waals surface area contributed by atoms with Crippen LogP contribution < -0.4 is 10.6 Å². The third-order valence-corrected chi connectivity index (χ3v) is 4.05. The summed E-state index contributed by atoms with van der Waals surface area (Å²) in [5.41, 5.74) is 2.99. The quantitative estimate of drug-likeness (QED) is 0.802. The number of hydrogen-bond acceptors (Lipinski definition) is 3. The minimum absolute atomic E-state index is 0.0549. The van der Waals surface area contributed by atoms with E-state index in [0.29, 0.717) is 18.7 Å². The molecular weight excluding hydrogens is 254 g/mol. The summed E-state index contributed by atoms with van der Waals surface area (Å²) in [6, 6.07) is 5.38. The molecule has 1 saturated heterocycles. The second-order valence-electron chi connectivity index (χ2n) is 5.37. The largest absolute Gasteiger partial charge is 0.385 e. The molecule has 106 valence electrons. The van der Waals surface area contributed by atoms with Crippen molar-refractivity contribution in [3.63, 3.8) is 0 Å². The van der Waals surface area contributed by atoms with Crippen molar-refractivity contribution in [3.8, 4) is 0 Å². The topological polar surface area (TPSA) is 61.4 Å². The van der Waals surface area contributed by atoms with Gasteiger partial charge in [-0.05, 0) is 43.5 Å². The number of aryl methyl sites for hydroxylation is 1. The highest BCUT2D eigenvalue weighted by Crippen LogP contribution is 2.24. The average Bonchev–Trinajstić information content (AvgIpc) is 2.49. The molecule has 1 aromatic carbocycles. The van der Waals surface area contributed by atoms with E-state index in [4.69, 9.17) is 0 Å². The molecule has 2 amide bonds. The summed E-state index contributed by atoms with van der Waals surface area (Å²) in [5.74, 6) is -0.134. The molecule has 0 bridgehead atoms. The van der Waals surface area contributed by atoms with Crippen LogP contribution in [0.2, 0.25) is 0 Å². The molecule has 2 aliphatic rings. The van der Waals surface area contributed by atoms with Gasteiger partial charge in [-0.3, -0.25) is 9.59 Å². The van der Waals surface area contributed by atoms with E-state index >= 15 is 0 Å².